The molecule has 1 aliphatic rings. The highest BCUT2D eigenvalue weighted by Gasteiger charge is 2.30. The van der Waals surface area contributed by atoms with Gasteiger partial charge in [0.25, 0.3) is 0 Å². The highest BCUT2D eigenvalue weighted by atomic mass is 16.5. The SMILES string of the molecule is CCCN(c1ncc(CNCCOC)cc1C)C1CC1. The molecule has 1 heterocycles. The molecule has 0 spiro atoms. The Morgan fingerprint density at radius 1 is 1.45 bits per heavy atom. The zero-order valence-electron chi connectivity index (χ0n) is 13.0. The number of rotatable bonds is 9. The molecule has 4 heteroatoms. The van der Waals surface area contributed by atoms with Crippen molar-refractivity contribution in [3.05, 3.63) is 23.4 Å². The first-order valence-corrected chi connectivity index (χ1v) is 7.68. The summed E-state index contributed by atoms with van der Waals surface area (Å²) in [4.78, 5) is 7.20. The molecule has 0 amide bonds. The first-order valence-electron chi connectivity index (χ1n) is 7.68. The van der Waals surface area contributed by atoms with E-state index in [-0.39, 0.29) is 0 Å². The summed E-state index contributed by atoms with van der Waals surface area (Å²) in [6, 6.07) is 2.99. The number of methoxy groups -OCH3 is 1. The van der Waals surface area contributed by atoms with Crippen molar-refractivity contribution in [2.24, 2.45) is 0 Å². The van der Waals surface area contributed by atoms with Gasteiger partial charge in [0, 0.05) is 39.0 Å². The second-order valence-corrected chi connectivity index (χ2v) is 5.58. The molecular weight excluding hydrogens is 250 g/mol. The molecule has 1 saturated carbocycles. The number of hydrogen-bond donors (Lipinski definition) is 1. The third-order valence-electron chi connectivity index (χ3n) is 3.64. The molecule has 0 unspecified atom stereocenters. The first kappa shape index (κ1) is 15.3. The maximum absolute atomic E-state index is 5.03. The van der Waals surface area contributed by atoms with E-state index in [0.717, 1.165) is 32.3 Å². The van der Waals surface area contributed by atoms with Crippen molar-refractivity contribution < 1.29 is 4.74 Å². The van der Waals surface area contributed by atoms with Crippen LogP contribution in [0.3, 0.4) is 0 Å². The van der Waals surface area contributed by atoms with Crippen LogP contribution in [0.4, 0.5) is 5.82 Å². The molecule has 0 radical (unpaired) electrons. The summed E-state index contributed by atoms with van der Waals surface area (Å²) in [6.07, 6.45) is 5.83. The van der Waals surface area contributed by atoms with Crippen molar-refractivity contribution in [2.45, 2.75) is 45.7 Å². The van der Waals surface area contributed by atoms with Gasteiger partial charge in [-0.25, -0.2) is 4.98 Å². The topological polar surface area (TPSA) is 37.4 Å². The first-order chi connectivity index (χ1) is 9.76. The number of nitrogens with zero attached hydrogens (tertiary/aromatic N) is 2. The monoisotopic (exact) mass is 277 g/mol. The van der Waals surface area contributed by atoms with Crippen LogP contribution in [-0.4, -0.2) is 37.8 Å². The summed E-state index contributed by atoms with van der Waals surface area (Å²) in [5.74, 6) is 1.18. The van der Waals surface area contributed by atoms with Gasteiger partial charge in [-0.05, 0) is 43.4 Å². The number of hydrogen-bond acceptors (Lipinski definition) is 4. The molecule has 1 aliphatic carbocycles. The summed E-state index contributed by atoms with van der Waals surface area (Å²) in [6.45, 7) is 8.00. The minimum Gasteiger partial charge on any atom is -0.383 e. The van der Waals surface area contributed by atoms with E-state index in [1.165, 1.54) is 36.2 Å². The smallest absolute Gasteiger partial charge is 0.131 e. The quantitative estimate of drug-likeness (QED) is 0.704. The Labute approximate surface area is 122 Å². The van der Waals surface area contributed by atoms with Crippen LogP contribution in [0.15, 0.2) is 12.3 Å². The number of nitrogens with one attached hydrogen (secondary N) is 1. The van der Waals surface area contributed by atoms with Crippen LogP contribution in [0, 0.1) is 6.92 Å². The minimum atomic E-state index is 0.729. The number of pyridine rings is 1. The standard InChI is InChI=1S/C16H27N3O/c1-4-8-19(15-5-6-15)16-13(2)10-14(12-18-16)11-17-7-9-20-3/h10,12,15,17H,4-9,11H2,1-3H3. The van der Waals surface area contributed by atoms with Crippen LogP contribution in [0.25, 0.3) is 0 Å². The molecule has 4 nitrogen and oxygen atoms in total. The molecule has 1 aromatic rings. The molecule has 0 aliphatic heterocycles. The summed E-state index contributed by atoms with van der Waals surface area (Å²) >= 11 is 0. The van der Waals surface area contributed by atoms with E-state index in [4.69, 9.17) is 9.72 Å². The zero-order chi connectivity index (χ0) is 14.4. The van der Waals surface area contributed by atoms with Gasteiger partial charge in [-0.15, -0.1) is 0 Å². The predicted octanol–water partition coefficient (Wildman–Crippen LogP) is 2.50. The Balaban J connectivity index is 1.97. The van der Waals surface area contributed by atoms with Crippen LogP contribution in [0.5, 0.6) is 0 Å². The number of aryl methyl sites for hydroxylation is 1. The fourth-order valence-corrected chi connectivity index (χ4v) is 2.52. The van der Waals surface area contributed by atoms with Crippen molar-refractivity contribution >= 4 is 5.82 Å². The highest BCUT2D eigenvalue weighted by Crippen LogP contribution is 2.32. The summed E-state index contributed by atoms with van der Waals surface area (Å²) in [7, 11) is 1.72. The average Bonchev–Trinajstić information content (AvgIpc) is 3.26. The lowest BCUT2D eigenvalue weighted by molar-refractivity contribution is 0.199. The maximum Gasteiger partial charge on any atom is 0.131 e. The number of aromatic nitrogens is 1. The van der Waals surface area contributed by atoms with Crippen molar-refractivity contribution in [2.75, 3.05) is 31.7 Å². The minimum absolute atomic E-state index is 0.729. The lowest BCUT2D eigenvalue weighted by atomic mass is 10.2. The van der Waals surface area contributed by atoms with Crippen LogP contribution in [0.1, 0.15) is 37.3 Å². The molecule has 1 N–H and O–H groups in total. The molecule has 1 aromatic heterocycles. The normalized spacial score (nSPS) is 14.6. The summed E-state index contributed by atoms with van der Waals surface area (Å²) in [5.41, 5.74) is 2.53. The van der Waals surface area contributed by atoms with E-state index in [0.29, 0.717) is 0 Å². The van der Waals surface area contributed by atoms with Crippen LogP contribution in [0.2, 0.25) is 0 Å². The van der Waals surface area contributed by atoms with E-state index in [2.05, 4.69) is 30.1 Å². The van der Waals surface area contributed by atoms with Crippen LogP contribution in [-0.2, 0) is 11.3 Å². The number of ether oxygens (including phenoxy) is 1. The lowest BCUT2D eigenvalue weighted by Crippen LogP contribution is -2.28. The molecular formula is C16H27N3O. The third-order valence-corrected chi connectivity index (χ3v) is 3.64. The van der Waals surface area contributed by atoms with Gasteiger partial charge in [0.2, 0.25) is 0 Å². The highest BCUT2D eigenvalue weighted by molar-refractivity contribution is 5.49. The second-order valence-electron chi connectivity index (χ2n) is 5.58. The molecule has 0 saturated heterocycles. The van der Waals surface area contributed by atoms with Crippen molar-refractivity contribution in [3.63, 3.8) is 0 Å². The van der Waals surface area contributed by atoms with E-state index in [9.17, 15) is 0 Å². The van der Waals surface area contributed by atoms with Crippen molar-refractivity contribution in [3.8, 4) is 0 Å². The Morgan fingerprint density at radius 2 is 2.25 bits per heavy atom. The Hall–Kier alpha value is -1.13. The van der Waals surface area contributed by atoms with E-state index in [1.54, 1.807) is 7.11 Å². The summed E-state index contributed by atoms with van der Waals surface area (Å²) < 4.78 is 5.03. The third kappa shape index (κ3) is 4.18. The fourth-order valence-electron chi connectivity index (χ4n) is 2.52. The van der Waals surface area contributed by atoms with Gasteiger partial charge in [-0.2, -0.15) is 0 Å². The lowest BCUT2D eigenvalue weighted by Gasteiger charge is -2.25. The Bertz CT molecular complexity index is 418. The fraction of sp³-hybridized carbons (Fsp3) is 0.688. The van der Waals surface area contributed by atoms with E-state index in [1.807, 2.05) is 6.20 Å². The summed E-state index contributed by atoms with van der Waals surface area (Å²) in [5, 5.41) is 3.36. The van der Waals surface area contributed by atoms with Gasteiger partial charge in [-0.1, -0.05) is 6.92 Å². The Kier molecular flexibility index (Phi) is 5.80. The van der Waals surface area contributed by atoms with Crippen LogP contribution < -0.4 is 10.2 Å². The molecule has 2 rings (SSSR count). The molecule has 0 atom stereocenters. The zero-order valence-corrected chi connectivity index (χ0v) is 13.0. The van der Waals surface area contributed by atoms with E-state index < -0.39 is 0 Å². The largest absolute Gasteiger partial charge is 0.383 e. The number of anilines is 1. The van der Waals surface area contributed by atoms with Crippen LogP contribution >= 0.6 is 0 Å². The molecule has 1 fully saturated rings. The van der Waals surface area contributed by atoms with Gasteiger partial charge in [-0.3, -0.25) is 0 Å². The molecule has 112 valence electrons. The maximum atomic E-state index is 5.03. The van der Waals surface area contributed by atoms with Gasteiger partial charge < -0.3 is 15.0 Å². The van der Waals surface area contributed by atoms with Crippen molar-refractivity contribution in [1.82, 2.24) is 10.3 Å². The predicted molar refractivity (Wildman–Crippen MR) is 83.2 cm³/mol. The van der Waals surface area contributed by atoms with Gasteiger partial charge >= 0.3 is 0 Å². The molecule has 0 aromatic carbocycles. The van der Waals surface area contributed by atoms with E-state index >= 15 is 0 Å². The second kappa shape index (κ2) is 7.60. The van der Waals surface area contributed by atoms with Gasteiger partial charge in [0.05, 0.1) is 6.61 Å². The Morgan fingerprint density at radius 3 is 2.85 bits per heavy atom. The average molecular weight is 277 g/mol. The van der Waals surface area contributed by atoms with Gasteiger partial charge in [0.1, 0.15) is 5.82 Å². The van der Waals surface area contributed by atoms with Gasteiger partial charge in [0.15, 0.2) is 0 Å². The molecule has 20 heavy (non-hydrogen) atoms. The molecule has 0 bridgehead atoms. The van der Waals surface area contributed by atoms with Crippen molar-refractivity contribution in [1.29, 1.82) is 0 Å².